The van der Waals surface area contributed by atoms with Crippen molar-refractivity contribution < 1.29 is 0 Å². The van der Waals surface area contributed by atoms with Crippen molar-refractivity contribution in [1.82, 2.24) is 0 Å². The van der Waals surface area contributed by atoms with Crippen LogP contribution in [0.1, 0.15) is 47.2 Å². The summed E-state index contributed by atoms with van der Waals surface area (Å²) in [5.74, 6) is 0. The first kappa shape index (κ1) is 35.0. The quantitative estimate of drug-likeness (QED) is 0.163. The molecule has 0 aliphatic heterocycles. The average Bonchev–Trinajstić information content (AvgIpc) is 3.61. The Hall–Kier alpha value is -7.22. The van der Waals surface area contributed by atoms with Crippen LogP contribution in [0, 0.1) is 0 Å². The Bertz CT molecular complexity index is 2960. The summed E-state index contributed by atoms with van der Waals surface area (Å²) in [4.78, 5) is 2.37. The summed E-state index contributed by atoms with van der Waals surface area (Å²) >= 11 is 0. The Morgan fingerprint density at radius 1 is 0.288 bits per heavy atom. The Kier molecular flexibility index (Phi) is 8.13. The summed E-state index contributed by atoms with van der Waals surface area (Å²) < 4.78 is 0. The van der Waals surface area contributed by atoms with Gasteiger partial charge in [-0.1, -0.05) is 202 Å². The third-order valence-electron chi connectivity index (χ3n) is 13.0. The Morgan fingerprint density at radius 2 is 0.712 bits per heavy atom. The number of fused-ring (bicyclic) bond motifs is 9. The number of para-hydroxylation sites is 1. The van der Waals surface area contributed by atoms with Crippen LogP contribution in [0.4, 0.5) is 17.1 Å². The Morgan fingerprint density at radius 3 is 1.37 bits per heavy atom. The van der Waals surface area contributed by atoms with Gasteiger partial charge < -0.3 is 4.90 Å². The maximum absolute atomic E-state index is 2.39. The molecule has 0 radical (unpaired) electrons. The van der Waals surface area contributed by atoms with Gasteiger partial charge in [-0.2, -0.15) is 0 Å². The molecule has 0 atom stereocenters. The normalized spacial score (nSPS) is 13.9. The number of hydrogen-bond donors (Lipinski definition) is 0. The van der Waals surface area contributed by atoms with Gasteiger partial charge in [0, 0.05) is 22.5 Å². The van der Waals surface area contributed by atoms with Crippen LogP contribution in [0.2, 0.25) is 0 Å². The molecule has 0 saturated carbocycles. The molecule has 0 bridgehead atoms. The Labute approximate surface area is 347 Å². The molecule has 1 heteroatoms. The van der Waals surface area contributed by atoms with Crippen LogP contribution >= 0.6 is 0 Å². The topological polar surface area (TPSA) is 3.24 Å². The van der Waals surface area contributed by atoms with E-state index in [1.165, 1.54) is 77.9 Å². The minimum atomic E-state index is -0.418. The van der Waals surface area contributed by atoms with Crippen LogP contribution in [-0.2, 0) is 10.8 Å². The molecule has 0 amide bonds. The zero-order chi connectivity index (χ0) is 39.6. The predicted molar refractivity (Wildman–Crippen MR) is 247 cm³/mol. The third kappa shape index (κ3) is 5.31. The van der Waals surface area contributed by atoms with Gasteiger partial charge in [0.15, 0.2) is 0 Å². The highest BCUT2D eigenvalue weighted by molar-refractivity contribution is 5.97. The van der Waals surface area contributed by atoms with Gasteiger partial charge in [0.1, 0.15) is 0 Å². The lowest BCUT2D eigenvalue weighted by Gasteiger charge is -2.46. The number of nitrogens with zero attached hydrogens (tertiary/aromatic N) is 1. The lowest BCUT2D eigenvalue weighted by atomic mass is 9.55. The molecule has 9 aromatic rings. The van der Waals surface area contributed by atoms with Crippen molar-refractivity contribution in [2.45, 2.75) is 24.7 Å². The van der Waals surface area contributed by atoms with Gasteiger partial charge in [-0.25, -0.2) is 0 Å². The van der Waals surface area contributed by atoms with E-state index in [0.717, 1.165) is 17.1 Å². The van der Waals surface area contributed by atoms with Crippen molar-refractivity contribution in [3.8, 4) is 44.5 Å². The van der Waals surface area contributed by atoms with E-state index in [-0.39, 0.29) is 5.41 Å². The number of hydrogen-bond acceptors (Lipinski definition) is 1. The lowest BCUT2D eigenvalue weighted by molar-refractivity contribution is 0.563. The molecule has 9 aromatic carbocycles. The molecule has 0 fully saturated rings. The summed E-state index contributed by atoms with van der Waals surface area (Å²) in [5.41, 5.74) is 21.0. The molecule has 0 unspecified atom stereocenters. The summed E-state index contributed by atoms with van der Waals surface area (Å²) in [7, 11) is 0. The molecule has 0 aromatic heterocycles. The molecule has 59 heavy (non-hydrogen) atoms. The molecule has 1 spiro atoms. The average molecular weight is 754 g/mol. The molecule has 0 N–H and O–H groups in total. The monoisotopic (exact) mass is 753 g/mol. The van der Waals surface area contributed by atoms with Gasteiger partial charge in [-0.3, -0.25) is 0 Å². The first-order valence-corrected chi connectivity index (χ1v) is 20.7. The van der Waals surface area contributed by atoms with E-state index in [1.54, 1.807) is 0 Å². The van der Waals surface area contributed by atoms with Gasteiger partial charge >= 0.3 is 0 Å². The SMILES string of the molecule is CC1(C)c2ccccc2C2(c3ccccc3-c3c(-c4ccc(N(c5ccccc5)c5cccc(-c6ccccc6-c6ccccc6)c5)cc4)cccc32)c2ccccc21. The minimum Gasteiger partial charge on any atom is -0.310 e. The van der Waals surface area contributed by atoms with Crippen molar-refractivity contribution in [2.24, 2.45) is 0 Å². The number of rotatable bonds is 6. The van der Waals surface area contributed by atoms with Gasteiger partial charge in [-0.15, -0.1) is 0 Å². The van der Waals surface area contributed by atoms with Crippen molar-refractivity contribution in [2.75, 3.05) is 4.90 Å². The fraction of sp³-hybridized carbons (Fsp3) is 0.0690. The van der Waals surface area contributed by atoms with E-state index in [2.05, 4.69) is 243 Å². The second kappa shape index (κ2) is 13.7. The van der Waals surface area contributed by atoms with Crippen LogP contribution in [0.25, 0.3) is 44.5 Å². The number of anilines is 3. The molecular weight excluding hydrogens is 711 g/mol. The second-order valence-corrected chi connectivity index (χ2v) is 16.4. The molecule has 11 rings (SSSR count). The van der Waals surface area contributed by atoms with E-state index in [4.69, 9.17) is 0 Å². The first-order valence-electron chi connectivity index (χ1n) is 20.7. The smallest absolute Gasteiger partial charge is 0.0719 e. The van der Waals surface area contributed by atoms with E-state index in [1.807, 2.05) is 0 Å². The largest absolute Gasteiger partial charge is 0.310 e. The van der Waals surface area contributed by atoms with Crippen LogP contribution in [0.3, 0.4) is 0 Å². The summed E-state index contributed by atoms with van der Waals surface area (Å²) in [6.45, 7) is 4.77. The summed E-state index contributed by atoms with van der Waals surface area (Å²) in [6, 6.07) is 82.7. The summed E-state index contributed by atoms with van der Waals surface area (Å²) in [5, 5.41) is 0. The zero-order valence-electron chi connectivity index (χ0n) is 33.3. The fourth-order valence-corrected chi connectivity index (χ4v) is 10.4. The third-order valence-corrected chi connectivity index (χ3v) is 13.0. The predicted octanol–water partition coefficient (Wildman–Crippen LogP) is 15.2. The molecule has 2 aliphatic carbocycles. The van der Waals surface area contributed by atoms with E-state index in [9.17, 15) is 0 Å². The van der Waals surface area contributed by atoms with Gasteiger partial charge in [0.2, 0.25) is 0 Å². The Balaban J connectivity index is 1.05. The van der Waals surface area contributed by atoms with Crippen LogP contribution in [0.15, 0.2) is 224 Å². The highest BCUT2D eigenvalue weighted by Gasteiger charge is 2.53. The van der Waals surface area contributed by atoms with E-state index >= 15 is 0 Å². The highest BCUT2D eigenvalue weighted by atomic mass is 15.1. The van der Waals surface area contributed by atoms with Crippen molar-refractivity contribution in [1.29, 1.82) is 0 Å². The molecular formula is C58H43N. The van der Waals surface area contributed by atoms with Crippen molar-refractivity contribution in [3.63, 3.8) is 0 Å². The van der Waals surface area contributed by atoms with Crippen molar-refractivity contribution >= 4 is 17.1 Å². The molecule has 1 nitrogen and oxygen atoms in total. The maximum atomic E-state index is 2.39. The molecule has 0 heterocycles. The van der Waals surface area contributed by atoms with Gasteiger partial charge in [0.25, 0.3) is 0 Å². The van der Waals surface area contributed by atoms with Crippen LogP contribution < -0.4 is 4.90 Å². The minimum absolute atomic E-state index is 0.126. The van der Waals surface area contributed by atoms with E-state index in [0.29, 0.717) is 0 Å². The maximum Gasteiger partial charge on any atom is 0.0719 e. The fourth-order valence-electron chi connectivity index (χ4n) is 10.4. The second-order valence-electron chi connectivity index (χ2n) is 16.4. The molecule has 0 saturated heterocycles. The van der Waals surface area contributed by atoms with Crippen LogP contribution in [-0.4, -0.2) is 0 Å². The van der Waals surface area contributed by atoms with Gasteiger partial charge in [-0.05, 0) is 114 Å². The standard InChI is InChI=1S/C58H43N/c1-57(2)51-30-13-15-32-53(51)58(54-33-16-14-31-52(54)57)50-29-12-11-27-49(50)56-48(28-18-34-55(56)58)41-35-37-44(38-36-41)59(43-22-7-4-8-23-43)45-24-17-21-42(39-45)47-26-10-9-25-46(47)40-19-5-3-6-20-40/h3-39H,1-2H3. The molecule has 2 aliphatic rings. The molecule has 280 valence electrons. The summed E-state index contributed by atoms with van der Waals surface area (Å²) in [6.07, 6.45) is 0. The lowest BCUT2D eigenvalue weighted by Crippen LogP contribution is -2.40. The number of benzene rings is 9. The van der Waals surface area contributed by atoms with Crippen LogP contribution in [0.5, 0.6) is 0 Å². The highest BCUT2D eigenvalue weighted by Crippen LogP contribution is 2.63. The van der Waals surface area contributed by atoms with Crippen molar-refractivity contribution in [3.05, 3.63) is 258 Å². The first-order chi connectivity index (χ1) is 29.0. The van der Waals surface area contributed by atoms with Gasteiger partial charge in [0.05, 0.1) is 5.41 Å². The van der Waals surface area contributed by atoms with E-state index < -0.39 is 5.41 Å². The zero-order valence-corrected chi connectivity index (χ0v) is 33.3.